The molecule has 0 radical (unpaired) electrons. The van der Waals surface area contributed by atoms with Crippen molar-refractivity contribution in [2.45, 2.75) is 37.1 Å². The predicted octanol–water partition coefficient (Wildman–Crippen LogP) is 2.15. The number of ether oxygens (including phenoxy) is 1. The van der Waals surface area contributed by atoms with Crippen molar-refractivity contribution in [1.29, 1.82) is 0 Å². The van der Waals surface area contributed by atoms with Gasteiger partial charge in [-0.1, -0.05) is 18.2 Å². The van der Waals surface area contributed by atoms with Crippen LogP contribution < -0.4 is 10.1 Å². The molecule has 1 fully saturated rings. The monoisotopic (exact) mass is 261 g/mol. The molecule has 2 atom stereocenters. The molecule has 0 amide bonds. The lowest BCUT2D eigenvalue weighted by atomic mass is 9.80. The Labute approximate surface area is 112 Å². The highest BCUT2D eigenvalue weighted by molar-refractivity contribution is 5.79. The average molecular weight is 261 g/mol. The zero-order chi connectivity index (χ0) is 13.3. The zero-order valence-electron chi connectivity index (χ0n) is 10.9. The van der Waals surface area contributed by atoms with Crippen LogP contribution in [0.15, 0.2) is 24.3 Å². The molecule has 2 aliphatic heterocycles. The van der Waals surface area contributed by atoms with Crippen LogP contribution in [0.5, 0.6) is 5.75 Å². The lowest BCUT2D eigenvalue weighted by Crippen LogP contribution is -2.48. The van der Waals surface area contributed by atoms with Crippen molar-refractivity contribution < 1.29 is 14.6 Å². The molecule has 2 unspecified atom stereocenters. The number of fused-ring (bicyclic) bond motifs is 1. The fourth-order valence-corrected chi connectivity index (χ4v) is 3.30. The van der Waals surface area contributed by atoms with Gasteiger partial charge in [0, 0.05) is 0 Å². The number of benzene rings is 1. The summed E-state index contributed by atoms with van der Waals surface area (Å²) in [5, 5.41) is 12.8. The second-order valence-electron chi connectivity index (χ2n) is 5.49. The van der Waals surface area contributed by atoms with E-state index in [0.29, 0.717) is 13.0 Å². The fourth-order valence-electron chi connectivity index (χ4n) is 3.30. The Hall–Kier alpha value is -1.55. The molecule has 2 aliphatic rings. The summed E-state index contributed by atoms with van der Waals surface area (Å²) in [7, 11) is 0. The van der Waals surface area contributed by atoms with Gasteiger partial charge in [0.25, 0.3) is 0 Å². The molecule has 0 saturated carbocycles. The van der Waals surface area contributed by atoms with Crippen LogP contribution in [0.3, 0.4) is 0 Å². The third-order valence-corrected chi connectivity index (χ3v) is 4.33. The summed E-state index contributed by atoms with van der Waals surface area (Å²) in [6.45, 7) is 1.48. The van der Waals surface area contributed by atoms with Crippen LogP contribution in [0.25, 0.3) is 0 Å². The highest BCUT2D eigenvalue weighted by Gasteiger charge is 2.43. The van der Waals surface area contributed by atoms with E-state index in [1.165, 1.54) is 0 Å². The fraction of sp³-hybridized carbons (Fsp3) is 0.533. The summed E-state index contributed by atoms with van der Waals surface area (Å²) in [6.07, 6.45) is 3.22. The topological polar surface area (TPSA) is 58.6 Å². The quantitative estimate of drug-likeness (QED) is 0.875. The molecule has 0 spiro atoms. The number of rotatable bonds is 3. The van der Waals surface area contributed by atoms with Gasteiger partial charge in [-0.3, -0.25) is 4.79 Å². The maximum absolute atomic E-state index is 11.6. The Balaban J connectivity index is 1.86. The van der Waals surface area contributed by atoms with Gasteiger partial charge in [0.15, 0.2) is 0 Å². The zero-order valence-corrected chi connectivity index (χ0v) is 10.9. The van der Waals surface area contributed by atoms with Gasteiger partial charge < -0.3 is 15.2 Å². The summed E-state index contributed by atoms with van der Waals surface area (Å²) in [5.41, 5.74) is 0.415. The van der Waals surface area contributed by atoms with Crippen LogP contribution in [0.4, 0.5) is 0 Å². The minimum atomic E-state index is -0.741. The average Bonchev–Trinajstić information content (AvgIpc) is 2.89. The first-order valence-corrected chi connectivity index (χ1v) is 6.91. The molecule has 3 rings (SSSR count). The number of carbonyl (C=O) groups is 1. The molecule has 102 valence electrons. The van der Waals surface area contributed by atoms with Crippen molar-refractivity contribution in [2.75, 3.05) is 13.2 Å². The van der Waals surface area contributed by atoms with Gasteiger partial charge in [0.2, 0.25) is 0 Å². The molecule has 1 aromatic rings. The second kappa shape index (κ2) is 4.85. The Bertz CT molecular complexity index is 480. The molecule has 0 aromatic heterocycles. The molecule has 0 bridgehead atoms. The van der Waals surface area contributed by atoms with Crippen molar-refractivity contribution >= 4 is 5.97 Å². The molecule has 0 aliphatic carbocycles. The van der Waals surface area contributed by atoms with E-state index in [4.69, 9.17) is 4.74 Å². The van der Waals surface area contributed by atoms with Crippen molar-refractivity contribution in [2.24, 2.45) is 0 Å². The lowest BCUT2D eigenvalue weighted by Gasteiger charge is -2.33. The molecule has 19 heavy (non-hydrogen) atoms. The number of nitrogens with one attached hydrogen (secondary N) is 1. The van der Waals surface area contributed by atoms with Crippen LogP contribution in [-0.2, 0) is 4.79 Å². The van der Waals surface area contributed by atoms with Gasteiger partial charge in [-0.05, 0) is 49.8 Å². The molecule has 4 heteroatoms. The number of hydrogen-bond acceptors (Lipinski definition) is 3. The first-order chi connectivity index (χ1) is 9.21. The van der Waals surface area contributed by atoms with Crippen molar-refractivity contribution in [1.82, 2.24) is 5.32 Å². The van der Waals surface area contributed by atoms with E-state index in [1.807, 2.05) is 18.2 Å². The lowest BCUT2D eigenvalue weighted by molar-refractivity contribution is -0.144. The first kappa shape index (κ1) is 12.5. The molecular weight excluding hydrogens is 242 g/mol. The summed E-state index contributed by atoms with van der Waals surface area (Å²) in [4.78, 5) is 11.6. The van der Waals surface area contributed by atoms with Gasteiger partial charge in [0.1, 0.15) is 11.3 Å². The van der Waals surface area contributed by atoms with Gasteiger partial charge >= 0.3 is 5.97 Å². The Morgan fingerprint density at radius 3 is 3.05 bits per heavy atom. The SMILES string of the molecule is O=C(O)C1(CC2CCOc3ccccc32)CCCN1. The van der Waals surface area contributed by atoms with Gasteiger partial charge in [-0.15, -0.1) is 0 Å². The largest absolute Gasteiger partial charge is 0.493 e. The Kier molecular flexibility index (Phi) is 3.19. The molecule has 2 heterocycles. The predicted molar refractivity (Wildman–Crippen MR) is 71.5 cm³/mol. The van der Waals surface area contributed by atoms with E-state index < -0.39 is 11.5 Å². The third-order valence-electron chi connectivity index (χ3n) is 4.33. The minimum absolute atomic E-state index is 0.270. The highest BCUT2D eigenvalue weighted by Crippen LogP contribution is 2.40. The van der Waals surface area contributed by atoms with Crippen molar-refractivity contribution in [3.63, 3.8) is 0 Å². The molecule has 1 saturated heterocycles. The molecule has 4 nitrogen and oxygen atoms in total. The summed E-state index contributed by atoms with van der Waals surface area (Å²) in [6, 6.07) is 7.98. The van der Waals surface area contributed by atoms with Gasteiger partial charge in [0.05, 0.1) is 6.61 Å². The smallest absolute Gasteiger partial charge is 0.323 e. The van der Waals surface area contributed by atoms with E-state index in [-0.39, 0.29) is 5.92 Å². The van der Waals surface area contributed by atoms with Crippen LogP contribution in [0.1, 0.15) is 37.2 Å². The maximum atomic E-state index is 11.6. The summed E-state index contributed by atoms with van der Waals surface area (Å²) < 4.78 is 5.64. The number of carboxylic acid groups (broad SMARTS) is 1. The van der Waals surface area contributed by atoms with E-state index in [2.05, 4.69) is 11.4 Å². The van der Waals surface area contributed by atoms with E-state index in [1.54, 1.807) is 0 Å². The van der Waals surface area contributed by atoms with E-state index in [0.717, 1.165) is 37.1 Å². The van der Waals surface area contributed by atoms with Crippen LogP contribution in [0, 0.1) is 0 Å². The van der Waals surface area contributed by atoms with E-state index >= 15 is 0 Å². The van der Waals surface area contributed by atoms with Crippen LogP contribution in [0.2, 0.25) is 0 Å². The molecule has 2 N–H and O–H groups in total. The minimum Gasteiger partial charge on any atom is -0.493 e. The second-order valence-corrected chi connectivity index (χ2v) is 5.49. The van der Waals surface area contributed by atoms with Gasteiger partial charge in [-0.2, -0.15) is 0 Å². The first-order valence-electron chi connectivity index (χ1n) is 6.91. The number of para-hydroxylation sites is 1. The standard InChI is InChI=1S/C15H19NO3/c17-14(18)15(7-3-8-16-15)10-11-6-9-19-13-5-2-1-4-12(11)13/h1-2,4-5,11,16H,3,6-10H2,(H,17,18). The van der Waals surface area contributed by atoms with Gasteiger partial charge in [-0.25, -0.2) is 0 Å². The molecule has 1 aromatic carbocycles. The normalized spacial score (nSPS) is 29.6. The van der Waals surface area contributed by atoms with E-state index in [9.17, 15) is 9.90 Å². The number of carboxylic acids is 1. The molecular formula is C15H19NO3. The Morgan fingerprint density at radius 2 is 2.32 bits per heavy atom. The van der Waals surface area contributed by atoms with Crippen molar-refractivity contribution in [3.05, 3.63) is 29.8 Å². The third kappa shape index (κ3) is 2.21. The summed E-state index contributed by atoms with van der Waals surface area (Å²) in [5.74, 6) is 0.470. The number of hydrogen-bond donors (Lipinski definition) is 2. The Morgan fingerprint density at radius 1 is 1.47 bits per heavy atom. The highest BCUT2D eigenvalue weighted by atomic mass is 16.5. The summed E-state index contributed by atoms with van der Waals surface area (Å²) >= 11 is 0. The maximum Gasteiger partial charge on any atom is 0.323 e. The van der Waals surface area contributed by atoms with Crippen LogP contribution in [-0.4, -0.2) is 29.8 Å². The number of aliphatic carboxylic acids is 1. The van der Waals surface area contributed by atoms with Crippen molar-refractivity contribution in [3.8, 4) is 5.75 Å². The van der Waals surface area contributed by atoms with Crippen LogP contribution >= 0.6 is 0 Å².